The van der Waals surface area contributed by atoms with Gasteiger partial charge in [-0.3, -0.25) is 10.1 Å². The Morgan fingerprint density at radius 3 is 2.80 bits per heavy atom. The molecule has 1 aliphatic rings. The Bertz CT molecular complexity index is 560. The molecule has 2 atom stereocenters. The first-order valence-electron chi connectivity index (χ1n) is 6.25. The van der Waals surface area contributed by atoms with E-state index >= 15 is 0 Å². The molecule has 108 valence electrons. The van der Waals surface area contributed by atoms with Gasteiger partial charge in [0.2, 0.25) is 0 Å². The molecule has 0 aliphatic carbocycles. The Hall–Kier alpha value is -2.15. The highest BCUT2D eigenvalue weighted by Crippen LogP contribution is 2.31. The normalized spacial score (nSPS) is 25.4. The minimum Gasteiger partial charge on any atom is -0.477 e. The average Bonchev–Trinajstić information content (AvgIpc) is 2.68. The van der Waals surface area contributed by atoms with Crippen LogP contribution in [0.5, 0.6) is 0 Å². The van der Waals surface area contributed by atoms with Gasteiger partial charge in [0.15, 0.2) is 0 Å². The van der Waals surface area contributed by atoms with E-state index in [0.717, 1.165) is 6.42 Å². The number of hydrogen-bond donors (Lipinski definition) is 2. The average molecular weight is 280 g/mol. The Balaban J connectivity index is 2.32. The van der Waals surface area contributed by atoms with Crippen molar-refractivity contribution in [1.29, 1.82) is 0 Å². The first-order chi connectivity index (χ1) is 9.33. The molecule has 0 spiro atoms. The van der Waals surface area contributed by atoms with Gasteiger partial charge in [0, 0.05) is 18.4 Å². The van der Waals surface area contributed by atoms with Gasteiger partial charge in [-0.05, 0) is 32.4 Å². The molecule has 1 aromatic carbocycles. The summed E-state index contributed by atoms with van der Waals surface area (Å²) < 4.78 is 5.49. The van der Waals surface area contributed by atoms with Crippen molar-refractivity contribution < 1.29 is 19.6 Å². The molecule has 20 heavy (non-hydrogen) atoms. The van der Waals surface area contributed by atoms with Crippen molar-refractivity contribution in [2.75, 3.05) is 11.9 Å². The van der Waals surface area contributed by atoms with Gasteiger partial charge in [-0.1, -0.05) is 0 Å². The van der Waals surface area contributed by atoms with Crippen molar-refractivity contribution in [3.63, 3.8) is 0 Å². The molecule has 1 fully saturated rings. The molecule has 7 nitrogen and oxygen atoms in total. The fourth-order valence-electron chi connectivity index (χ4n) is 2.27. The quantitative estimate of drug-likeness (QED) is 0.648. The molecule has 0 radical (unpaired) electrons. The van der Waals surface area contributed by atoms with E-state index in [2.05, 4.69) is 5.32 Å². The number of rotatable bonds is 4. The van der Waals surface area contributed by atoms with Crippen molar-refractivity contribution in [3.05, 3.63) is 33.9 Å². The zero-order valence-corrected chi connectivity index (χ0v) is 11.3. The molecule has 0 amide bonds. The molecule has 1 heterocycles. The van der Waals surface area contributed by atoms with E-state index in [9.17, 15) is 14.9 Å². The van der Waals surface area contributed by atoms with Crippen molar-refractivity contribution in [2.45, 2.75) is 31.9 Å². The zero-order valence-electron chi connectivity index (χ0n) is 11.3. The summed E-state index contributed by atoms with van der Waals surface area (Å²) in [6, 6.07) is 4.03. The van der Waals surface area contributed by atoms with E-state index in [4.69, 9.17) is 9.84 Å². The number of nitrogens with zero attached hydrogens (tertiary/aromatic N) is 1. The lowest BCUT2D eigenvalue weighted by molar-refractivity contribution is -0.385. The summed E-state index contributed by atoms with van der Waals surface area (Å²) in [4.78, 5) is 21.2. The van der Waals surface area contributed by atoms with Crippen LogP contribution in [0.15, 0.2) is 18.2 Å². The SMILES string of the molecule is CC1OCCC1(C)Nc1ccc(C(=O)O)c([N+](=O)[O-])c1. The molecule has 0 saturated carbocycles. The molecule has 1 aromatic rings. The van der Waals surface area contributed by atoms with Crippen molar-refractivity contribution in [3.8, 4) is 0 Å². The van der Waals surface area contributed by atoms with Crippen LogP contribution >= 0.6 is 0 Å². The number of carboxylic acids is 1. The lowest BCUT2D eigenvalue weighted by Crippen LogP contribution is -2.41. The Labute approximate surface area is 115 Å². The van der Waals surface area contributed by atoms with Crippen LogP contribution in [0.3, 0.4) is 0 Å². The van der Waals surface area contributed by atoms with Gasteiger partial charge in [-0.2, -0.15) is 0 Å². The van der Waals surface area contributed by atoms with Crippen molar-refractivity contribution in [2.24, 2.45) is 0 Å². The van der Waals surface area contributed by atoms with Gasteiger partial charge in [-0.15, -0.1) is 0 Å². The summed E-state index contributed by atoms with van der Waals surface area (Å²) in [5.74, 6) is -1.31. The van der Waals surface area contributed by atoms with Gasteiger partial charge in [0.05, 0.1) is 16.6 Å². The van der Waals surface area contributed by atoms with Crippen molar-refractivity contribution in [1.82, 2.24) is 0 Å². The number of benzene rings is 1. The number of carbonyl (C=O) groups is 1. The summed E-state index contributed by atoms with van der Waals surface area (Å²) in [7, 11) is 0. The predicted octanol–water partition coefficient (Wildman–Crippen LogP) is 2.27. The van der Waals surface area contributed by atoms with E-state index in [1.54, 1.807) is 0 Å². The second-order valence-electron chi connectivity index (χ2n) is 5.10. The predicted molar refractivity (Wildman–Crippen MR) is 72.1 cm³/mol. The van der Waals surface area contributed by atoms with Gasteiger partial charge in [0.1, 0.15) is 5.56 Å². The second-order valence-corrected chi connectivity index (χ2v) is 5.10. The van der Waals surface area contributed by atoms with Crippen LogP contribution in [-0.2, 0) is 4.74 Å². The molecule has 1 aliphatic heterocycles. The summed E-state index contributed by atoms with van der Waals surface area (Å²) >= 11 is 0. The second kappa shape index (κ2) is 5.09. The highest BCUT2D eigenvalue weighted by Gasteiger charge is 2.37. The van der Waals surface area contributed by atoms with Crippen LogP contribution in [0, 0.1) is 10.1 Å². The highest BCUT2D eigenvalue weighted by molar-refractivity contribution is 5.93. The molecule has 7 heteroatoms. The molecule has 0 bridgehead atoms. The lowest BCUT2D eigenvalue weighted by Gasteiger charge is -2.30. The first kappa shape index (κ1) is 14.3. The van der Waals surface area contributed by atoms with E-state index < -0.39 is 16.6 Å². The van der Waals surface area contributed by atoms with E-state index in [0.29, 0.717) is 12.3 Å². The molecule has 2 unspecified atom stereocenters. The molecule has 0 aromatic heterocycles. The van der Waals surface area contributed by atoms with Gasteiger partial charge in [-0.25, -0.2) is 4.79 Å². The van der Waals surface area contributed by atoms with Crippen LogP contribution in [0.2, 0.25) is 0 Å². The van der Waals surface area contributed by atoms with Crippen LogP contribution in [0.25, 0.3) is 0 Å². The number of carboxylic acid groups (broad SMARTS) is 1. The fraction of sp³-hybridized carbons (Fsp3) is 0.462. The molecule has 2 N–H and O–H groups in total. The summed E-state index contributed by atoms with van der Waals surface area (Å²) in [5.41, 5.74) is -0.542. The van der Waals surface area contributed by atoms with E-state index in [-0.39, 0.29) is 17.2 Å². The van der Waals surface area contributed by atoms with Crippen molar-refractivity contribution >= 4 is 17.3 Å². The maximum atomic E-state index is 11.0. The zero-order chi connectivity index (χ0) is 14.9. The molecule has 2 rings (SSSR count). The molecule has 1 saturated heterocycles. The number of nitrogens with one attached hydrogen (secondary N) is 1. The highest BCUT2D eigenvalue weighted by atomic mass is 16.6. The Morgan fingerprint density at radius 1 is 1.60 bits per heavy atom. The summed E-state index contributed by atoms with van der Waals surface area (Å²) in [6.45, 7) is 4.53. The topological polar surface area (TPSA) is 102 Å². The van der Waals surface area contributed by atoms with Gasteiger partial charge in [0.25, 0.3) is 5.69 Å². The maximum absolute atomic E-state index is 11.0. The number of nitro benzene ring substituents is 1. The third kappa shape index (κ3) is 2.57. The van der Waals surface area contributed by atoms with Crippen LogP contribution < -0.4 is 5.32 Å². The van der Waals surface area contributed by atoms with Crippen LogP contribution in [-0.4, -0.2) is 34.2 Å². The number of aromatic carboxylic acids is 1. The first-order valence-corrected chi connectivity index (χ1v) is 6.25. The monoisotopic (exact) mass is 280 g/mol. The van der Waals surface area contributed by atoms with Crippen LogP contribution in [0.1, 0.15) is 30.6 Å². The third-order valence-corrected chi connectivity index (χ3v) is 3.74. The molecular formula is C13H16N2O5. The standard InChI is InChI=1S/C13H16N2O5/c1-8-13(2,5-6-20-8)14-9-3-4-10(12(16)17)11(7-9)15(18)19/h3-4,7-8,14H,5-6H2,1-2H3,(H,16,17). The Kier molecular flexibility index (Phi) is 3.63. The van der Waals surface area contributed by atoms with E-state index in [1.807, 2.05) is 13.8 Å². The number of anilines is 1. The number of nitro groups is 1. The minimum absolute atomic E-state index is 0.0271. The van der Waals surface area contributed by atoms with Crippen LogP contribution in [0.4, 0.5) is 11.4 Å². The summed E-state index contributed by atoms with van der Waals surface area (Å²) in [6.07, 6.45) is 0.753. The van der Waals surface area contributed by atoms with Gasteiger partial charge >= 0.3 is 5.97 Å². The molecular weight excluding hydrogens is 264 g/mol. The minimum atomic E-state index is -1.31. The number of ether oxygens (including phenoxy) is 1. The van der Waals surface area contributed by atoms with E-state index in [1.165, 1.54) is 18.2 Å². The fourth-order valence-corrected chi connectivity index (χ4v) is 2.27. The summed E-state index contributed by atoms with van der Waals surface area (Å²) in [5, 5.41) is 23.1. The van der Waals surface area contributed by atoms with Gasteiger partial charge < -0.3 is 15.2 Å². The smallest absolute Gasteiger partial charge is 0.342 e. The maximum Gasteiger partial charge on any atom is 0.342 e. The Morgan fingerprint density at radius 2 is 2.30 bits per heavy atom. The third-order valence-electron chi connectivity index (χ3n) is 3.74. The largest absolute Gasteiger partial charge is 0.477 e. The lowest BCUT2D eigenvalue weighted by atomic mass is 9.94. The number of hydrogen-bond acceptors (Lipinski definition) is 5.